The zero-order chi connectivity index (χ0) is 96.6. The standard InChI is InChI=1S/C46H31N3S.C43H25N3OS.C43H25N3S2/c1-46(2)39-17-8-6-15-35(39)36-22-21-33(26-40(36)46)45-48-43(28-11-4-3-5-12-28)47-44(49-45)32-14-10-13-29(23-32)30-19-20-31-27-42-38(25-34(31)24-30)37-16-7-9-18-41(37)50-42;1-2-9-26(10-3-1)41-44-42(46-43(45-41)31-19-20-38-35(24-31)33-13-4-6-15-37(33)47-38)30-12-8-11-27(21-30)28-17-18-29-23-36-34-14-5-7-16-39(34)48-40(36)25-32(29)22-28;1-2-10-26(11-3-1)41-44-42(46-43(45-41)30-20-21-34-32-15-4-6-18-37(32)47-39(34)24-30)29-14-8-12-27(22-29)31-17-9-13-28-23-36-33-16-5-7-19-38(33)48-40(36)25-35(28)31/h3-27H,1-2H3;2*1-25H. The van der Waals surface area contributed by atoms with Gasteiger partial charge in [0, 0.05) is 147 Å². The summed E-state index contributed by atoms with van der Waals surface area (Å²) in [4.78, 5) is 45.4. The highest BCUT2D eigenvalue weighted by atomic mass is 32.1. The van der Waals surface area contributed by atoms with E-state index in [2.05, 4.69) is 372 Å². The van der Waals surface area contributed by atoms with Crippen molar-refractivity contribution in [3.8, 4) is 147 Å². The van der Waals surface area contributed by atoms with Crippen LogP contribution in [0, 0.1) is 0 Å². The number of fused-ring (bicyclic) bond motifs is 21. The van der Waals surface area contributed by atoms with E-state index in [1.807, 2.05) is 131 Å². The molecule has 0 amide bonds. The fourth-order valence-corrected chi connectivity index (χ4v) is 25.7. The maximum Gasteiger partial charge on any atom is 0.164 e. The minimum absolute atomic E-state index is 0.115. The zero-order valence-electron chi connectivity index (χ0n) is 78.9. The van der Waals surface area contributed by atoms with Crippen LogP contribution in [0.4, 0.5) is 0 Å². The highest BCUT2D eigenvalue weighted by Crippen LogP contribution is 2.51. The maximum atomic E-state index is 6.09. The van der Waals surface area contributed by atoms with Gasteiger partial charge in [-0.3, -0.25) is 0 Å². The quantitative estimate of drug-likeness (QED) is 0.117. The molecule has 8 aromatic heterocycles. The molecular formula is C132H81N9OS4. The number of hydrogen-bond donors (Lipinski definition) is 0. The number of para-hydroxylation sites is 1. The Morgan fingerprint density at radius 2 is 0.479 bits per heavy atom. The summed E-state index contributed by atoms with van der Waals surface area (Å²) in [6.07, 6.45) is 0. The van der Waals surface area contributed by atoms with Gasteiger partial charge in [0.1, 0.15) is 11.2 Å². The van der Waals surface area contributed by atoms with Crippen LogP contribution in [0.3, 0.4) is 0 Å². The number of nitrogens with zero attached hydrogens (tertiary/aromatic N) is 9. The molecule has 29 aromatic rings. The number of furan rings is 1. The first-order valence-corrected chi connectivity index (χ1v) is 52.1. The summed E-state index contributed by atoms with van der Waals surface area (Å²) < 4.78 is 16.5. The molecule has 0 atom stereocenters. The first-order valence-electron chi connectivity index (χ1n) is 48.9. The van der Waals surface area contributed by atoms with Crippen LogP contribution < -0.4 is 0 Å². The van der Waals surface area contributed by atoms with E-state index >= 15 is 0 Å². The smallest absolute Gasteiger partial charge is 0.164 e. The van der Waals surface area contributed by atoms with Crippen LogP contribution in [-0.2, 0) is 5.41 Å². The molecular weight excluding hydrogens is 1860 g/mol. The van der Waals surface area contributed by atoms with Crippen molar-refractivity contribution in [2.75, 3.05) is 0 Å². The van der Waals surface area contributed by atoms with Crippen molar-refractivity contribution in [2.24, 2.45) is 0 Å². The highest BCUT2D eigenvalue weighted by Gasteiger charge is 2.36. The van der Waals surface area contributed by atoms with E-state index in [4.69, 9.17) is 49.3 Å². The second-order valence-electron chi connectivity index (χ2n) is 37.8. The Balaban J connectivity index is 0.000000106. The third-order valence-corrected chi connectivity index (χ3v) is 33.0. The van der Waals surface area contributed by atoms with Crippen LogP contribution >= 0.6 is 45.3 Å². The Hall–Kier alpha value is -17.9. The van der Waals surface area contributed by atoms with E-state index in [-0.39, 0.29) is 5.41 Å². The highest BCUT2D eigenvalue weighted by molar-refractivity contribution is 7.27. The molecule has 1 aliphatic carbocycles. The molecule has 0 fully saturated rings. The summed E-state index contributed by atoms with van der Waals surface area (Å²) in [5.74, 6) is 5.87. The van der Waals surface area contributed by atoms with Gasteiger partial charge in [0.2, 0.25) is 0 Å². The number of thiophene rings is 4. The van der Waals surface area contributed by atoms with Crippen LogP contribution in [0.25, 0.3) is 282 Å². The molecule has 30 rings (SSSR count). The van der Waals surface area contributed by atoms with Crippen molar-refractivity contribution < 1.29 is 4.42 Å². The van der Waals surface area contributed by atoms with Crippen molar-refractivity contribution in [1.82, 2.24) is 44.9 Å². The van der Waals surface area contributed by atoms with Gasteiger partial charge in [0.15, 0.2) is 52.4 Å². The van der Waals surface area contributed by atoms with Crippen molar-refractivity contribution in [3.05, 3.63) is 466 Å². The van der Waals surface area contributed by atoms with Gasteiger partial charge >= 0.3 is 0 Å². The lowest BCUT2D eigenvalue weighted by atomic mass is 9.82. The van der Waals surface area contributed by atoms with Crippen molar-refractivity contribution >= 4 is 180 Å². The topological polar surface area (TPSA) is 129 Å². The molecule has 0 aliphatic heterocycles. The summed E-state index contributed by atoms with van der Waals surface area (Å²) >= 11 is 7.37. The molecule has 21 aromatic carbocycles. The summed E-state index contributed by atoms with van der Waals surface area (Å²) in [6.45, 7) is 4.61. The number of aromatic nitrogens is 9. The normalized spacial score (nSPS) is 12.2. The zero-order valence-corrected chi connectivity index (χ0v) is 82.1. The SMILES string of the molecule is CC1(C)c2ccccc2-c2ccc(-c3nc(-c4ccccc4)nc(-c4cccc(-c5ccc6cc7sc8ccccc8c7cc6c5)c4)n3)cc21.c1ccc(-c2nc(-c3cccc(-c4ccc5cc6c(cc5c4)sc4ccccc46)c3)nc(-c3ccc4oc5ccccc5c4c3)n2)cc1.c1ccc(-c2nc(-c3cccc(-c4cccc5cc6c(cc45)sc4ccccc46)c3)nc(-c3ccc4c(c3)sc3ccccc34)n2)cc1. The van der Waals surface area contributed by atoms with Gasteiger partial charge in [-0.2, -0.15) is 0 Å². The lowest BCUT2D eigenvalue weighted by Crippen LogP contribution is -2.15. The molecule has 0 bridgehead atoms. The van der Waals surface area contributed by atoms with Gasteiger partial charge < -0.3 is 4.42 Å². The van der Waals surface area contributed by atoms with Crippen LogP contribution in [-0.4, -0.2) is 44.9 Å². The van der Waals surface area contributed by atoms with E-state index in [1.165, 1.54) is 141 Å². The van der Waals surface area contributed by atoms with Gasteiger partial charge in [-0.05, 0) is 215 Å². The maximum absolute atomic E-state index is 6.09. The Morgan fingerprint density at radius 3 is 1.01 bits per heavy atom. The summed E-state index contributed by atoms with van der Waals surface area (Å²) in [6, 6.07) is 161. The Kier molecular flexibility index (Phi) is 20.8. The van der Waals surface area contributed by atoms with Crippen molar-refractivity contribution in [2.45, 2.75) is 19.3 Å². The molecule has 1 aliphatic rings. The van der Waals surface area contributed by atoms with E-state index in [9.17, 15) is 0 Å². The lowest BCUT2D eigenvalue weighted by molar-refractivity contribution is 0.660. The first kappa shape index (κ1) is 86.0. The van der Waals surface area contributed by atoms with Gasteiger partial charge in [0.25, 0.3) is 0 Å². The molecule has 8 heterocycles. The third kappa shape index (κ3) is 15.5. The average molecular weight is 1940 g/mol. The van der Waals surface area contributed by atoms with Crippen molar-refractivity contribution in [3.63, 3.8) is 0 Å². The van der Waals surface area contributed by atoms with Crippen LogP contribution in [0.5, 0.6) is 0 Å². The molecule has 0 unspecified atom stereocenters. The van der Waals surface area contributed by atoms with E-state index in [0.29, 0.717) is 52.4 Å². The Morgan fingerprint density at radius 1 is 0.158 bits per heavy atom. The van der Waals surface area contributed by atoms with E-state index in [0.717, 1.165) is 99.8 Å². The summed E-state index contributed by atoms with van der Waals surface area (Å²) in [5.41, 5.74) is 22.3. The largest absolute Gasteiger partial charge is 0.456 e. The monoisotopic (exact) mass is 1940 g/mol. The van der Waals surface area contributed by atoms with Crippen LogP contribution in [0.1, 0.15) is 25.0 Å². The Labute approximate surface area is 855 Å². The van der Waals surface area contributed by atoms with Crippen molar-refractivity contribution in [1.29, 1.82) is 0 Å². The summed E-state index contributed by atoms with van der Waals surface area (Å²) in [5, 5.41) is 20.0. The molecule has 684 valence electrons. The fourth-order valence-electron chi connectivity index (χ4n) is 21.2. The molecule has 10 nitrogen and oxygen atoms in total. The first-order chi connectivity index (χ1) is 72.0. The second kappa shape index (κ2) is 35.4. The lowest BCUT2D eigenvalue weighted by Gasteiger charge is -2.21. The molecule has 0 spiro atoms. The minimum atomic E-state index is -0.115. The van der Waals surface area contributed by atoms with Gasteiger partial charge in [-0.15, -0.1) is 45.3 Å². The van der Waals surface area contributed by atoms with Crippen LogP contribution in [0.2, 0.25) is 0 Å². The third-order valence-electron chi connectivity index (χ3n) is 28.5. The molecule has 0 saturated heterocycles. The predicted octanol–water partition coefficient (Wildman–Crippen LogP) is 36.8. The average Bonchev–Trinajstić information content (AvgIpc) is 1.57. The molecule has 14 heteroatoms. The molecule has 0 N–H and O–H groups in total. The molecule has 0 radical (unpaired) electrons. The minimum Gasteiger partial charge on any atom is -0.456 e. The van der Waals surface area contributed by atoms with Gasteiger partial charge in [-0.25, -0.2) is 44.9 Å². The number of rotatable bonds is 12. The predicted molar refractivity (Wildman–Crippen MR) is 614 cm³/mol. The number of benzene rings is 21. The summed E-state index contributed by atoms with van der Waals surface area (Å²) in [7, 11) is 0. The van der Waals surface area contributed by atoms with E-state index in [1.54, 1.807) is 11.3 Å². The van der Waals surface area contributed by atoms with Gasteiger partial charge in [-0.1, -0.05) is 341 Å². The van der Waals surface area contributed by atoms with E-state index < -0.39 is 0 Å². The molecule has 146 heavy (non-hydrogen) atoms. The van der Waals surface area contributed by atoms with Crippen LogP contribution in [0.15, 0.2) is 459 Å². The fraction of sp³-hybridized carbons (Fsp3) is 0.0227. The number of hydrogen-bond acceptors (Lipinski definition) is 14. The van der Waals surface area contributed by atoms with Gasteiger partial charge in [0.05, 0.1) is 0 Å². The second-order valence-corrected chi connectivity index (χ2v) is 42.1. The Bertz CT molecular complexity index is 10400. The molecule has 0 saturated carbocycles.